The van der Waals surface area contributed by atoms with E-state index < -0.39 is 12.0 Å². The second kappa shape index (κ2) is 5.66. The van der Waals surface area contributed by atoms with Gasteiger partial charge in [0.15, 0.2) is 0 Å². The highest BCUT2D eigenvalue weighted by Gasteiger charge is 2.48. The number of nitrogens with zero attached hydrogens (tertiary/aromatic N) is 3. The Kier molecular flexibility index (Phi) is 3.98. The maximum absolute atomic E-state index is 12.6. The first-order chi connectivity index (χ1) is 10.4. The Hall–Kier alpha value is -1.41. The molecule has 0 saturated carbocycles. The van der Waals surface area contributed by atoms with E-state index >= 15 is 0 Å². The predicted octanol–water partition coefficient (Wildman–Crippen LogP) is 1.86. The van der Waals surface area contributed by atoms with E-state index in [4.69, 9.17) is 4.74 Å². The van der Waals surface area contributed by atoms with Crippen molar-refractivity contribution >= 4 is 0 Å². The summed E-state index contributed by atoms with van der Waals surface area (Å²) in [5.41, 5.74) is -0.156. The zero-order valence-corrected chi connectivity index (χ0v) is 12.0. The van der Waals surface area contributed by atoms with Crippen molar-refractivity contribution in [3.05, 3.63) is 18.1 Å². The molecule has 3 rings (SSSR count). The van der Waals surface area contributed by atoms with Crippen molar-refractivity contribution in [1.29, 1.82) is 0 Å². The topological polar surface area (TPSA) is 58.5 Å². The van der Waals surface area contributed by atoms with Gasteiger partial charge in [0.25, 0.3) is 0 Å². The van der Waals surface area contributed by atoms with Crippen LogP contribution in [0.15, 0.2) is 12.3 Å². The third kappa shape index (κ3) is 2.77. The van der Waals surface area contributed by atoms with Gasteiger partial charge in [-0.2, -0.15) is 18.2 Å². The number of alkyl halides is 3. The Morgan fingerprint density at radius 1 is 1.41 bits per heavy atom. The molecule has 1 aromatic rings. The maximum atomic E-state index is 12.6. The third-order valence-electron chi connectivity index (χ3n) is 4.64. The van der Waals surface area contributed by atoms with Crippen LogP contribution in [0.4, 0.5) is 13.2 Å². The van der Waals surface area contributed by atoms with Crippen molar-refractivity contribution in [2.45, 2.75) is 43.4 Å². The summed E-state index contributed by atoms with van der Waals surface area (Å²) in [6, 6.07) is 1.44. The molecule has 2 unspecified atom stereocenters. The summed E-state index contributed by atoms with van der Waals surface area (Å²) in [7, 11) is 0. The molecule has 8 heteroatoms. The van der Waals surface area contributed by atoms with Crippen molar-refractivity contribution < 1.29 is 23.0 Å². The molecule has 1 aromatic heterocycles. The molecule has 0 aliphatic carbocycles. The number of halogens is 3. The average molecular weight is 317 g/mol. The van der Waals surface area contributed by atoms with Gasteiger partial charge in [0, 0.05) is 23.8 Å². The van der Waals surface area contributed by atoms with Gasteiger partial charge in [0.1, 0.15) is 6.61 Å². The highest BCUT2D eigenvalue weighted by molar-refractivity contribution is 5.11. The van der Waals surface area contributed by atoms with Gasteiger partial charge in [-0.25, -0.2) is 4.98 Å². The summed E-state index contributed by atoms with van der Waals surface area (Å²) in [6.07, 6.45) is 0.239. The van der Waals surface area contributed by atoms with E-state index in [-0.39, 0.29) is 30.7 Å². The molecular weight excluding hydrogens is 299 g/mol. The minimum absolute atomic E-state index is 0.0666. The lowest BCUT2D eigenvalue weighted by Crippen LogP contribution is -2.46. The monoisotopic (exact) mass is 317 g/mol. The molecule has 0 spiro atoms. The molecule has 0 aromatic carbocycles. The fraction of sp³-hybridized carbons (Fsp3) is 0.714. The van der Waals surface area contributed by atoms with Crippen LogP contribution in [0.5, 0.6) is 5.88 Å². The molecule has 122 valence electrons. The van der Waals surface area contributed by atoms with Gasteiger partial charge < -0.3 is 9.84 Å². The fourth-order valence-corrected chi connectivity index (χ4v) is 3.55. The smallest absolute Gasteiger partial charge is 0.451 e. The van der Waals surface area contributed by atoms with E-state index in [1.807, 2.05) is 0 Å². The molecule has 2 aliphatic rings. The molecule has 2 aliphatic heterocycles. The van der Waals surface area contributed by atoms with Crippen LogP contribution < -0.4 is 4.74 Å². The minimum Gasteiger partial charge on any atom is -0.476 e. The number of ether oxygens (including phenoxy) is 1. The molecule has 2 atom stereocenters. The molecular formula is C14H18F3N3O2. The number of hydrogen-bond donors (Lipinski definition) is 1. The number of aromatic nitrogens is 2. The standard InChI is InChI=1S/C14H18F3N3O2/c15-14(16,17)12-18-6-3-11(19-12)22-8-10-2-5-13(9-21)4-1-7-20(10)13/h3,6,10,21H,1-2,4-5,7-9H2. The molecule has 2 fully saturated rings. The lowest BCUT2D eigenvalue weighted by atomic mass is 9.95. The highest BCUT2D eigenvalue weighted by atomic mass is 19.4. The highest BCUT2D eigenvalue weighted by Crippen LogP contribution is 2.42. The van der Waals surface area contributed by atoms with Gasteiger partial charge in [-0.1, -0.05) is 0 Å². The molecule has 3 heterocycles. The molecule has 0 amide bonds. The number of fused-ring (bicyclic) bond motifs is 1. The number of aliphatic hydroxyl groups is 1. The summed E-state index contributed by atoms with van der Waals surface area (Å²) in [6.45, 7) is 1.29. The Bertz CT molecular complexity index is 540. The largest absolute Gasteiger partial charge is 0.476 e. The van der Waals surface area contributed by atoms with Crippen molar-refractivity contribution in [2.75, 3.05) is 19.8 Å². The molecule has 22 heavy (non-hydrogen) atoms. The van der Waals surface area contributed by atoms with Crippen LogP contribution in [0.1, 0.15) is 31.5 Å². The Balaban J connectivity index is 1.64. The molecule has 2 saturated heterocycles. The van der Waals surface area contributed by atoms with Gasteiger partial charge in [0.2, 0.25) is 11.7 Å². The molecule has 5 nitrogen and oxygen atoms in total. The third-order valence-corrected chi connectivity index (χ3v) is 4.64. The van der Waals surface area contributed by atoms with Gasteiger partial charge in [-0.15, -0.1) is 0 Å². The number of rotatable bonds is 4. The van der Waals surface area contributed by atoms with Crippen molar-refractivity contribution in [2.24, 2.45) is 0 Å². The average Bonchev–Trinajstić information content (AvgIpc) is 3.04. The van der Waals surface area contributed by atoms with Crippen molar-refractivity contribution in [1.82, 2.24) is 14.9 Å². The van der Waals surface area contributed by atoms with Crippen LogP contribution in [-0.2, 0) is 6.18 Å². The minimum atomic E-state index is -4.58. The van der Waals surface area contributed by atoms with Gasteiger partial charge >= 0.3 is 6.18 Å². The lowest BCUT2D eigenvalue weighted by molar-refractivity contribution is -0.145. The first-order valence-electron chi connectivity index (χ1n) is 7.35. The van der Waals surface area contributed by atoms with Gasteiger partial charge in [-0.3, -0.25) is 4.90 Å². The quantitative estimate of drug-likeness (QED) is 0.918. The van der Waals surface area contributed by atoms with Crippen LogP contribution >= 0.6 is 0 Å². The van der Waals surface area contributed by atoms with E-state index in [9.17, 15) is 18.3 Å². The van der Waals surface area contributed by atoms with Gasteiger partial charge in [0.05, 0.1) is 6.61 Å². The first-order valence-corrected chi connectivity index (χ1v) is 7.35. The number of aliphatic hydroxyl groups excluding tert-OH is 1. The zero-order valence-electron chi connectivity index (χ0n) is 12.0. The van der Waals surface area contributed by atoms with Crippen LogP contribution in [-0.4, -0.2) is 51.3 Å². The van der Waals surface area contributed by atoms with Crippen LogP contribution in [0.25, 0.3) is 0 Å². The summed E-state index contributed by atoms with van der Waals surface area (Å²) in [5.74, 6) is -1.26. The fourth-order valence-electron chi connectivity index (χ4n) is 3.55. The summed E-state index contributed by atoms with van der Waals surface area (Å²) < 4.78 is 43.1. The molecule has 0 radical (unpaired) electrons. The summed E-state index contributed by atoms with van der Waals surface area (Å²) in [4.78, 5) is 8.85. The van der Waals surface area contributed by atoms with Crippen LogP contribution in [0, 0.1) is 0 Å². The Morgan fingerprint density at radius 3 is 2.95 bits per heavy atom. The lowest BCUT2D eigenvalue weighted by Gasteiger charge is -2.33. The Labute approximate surface area is 126 Å². The number of hydrogen-bond acceptors (Lipinski definition) is 5. The van der Waals surface area contributed by atoms with Crippen LogP contribution in [0.2, 0.25) is 0 Å². The second-order valence-corrected chi connectivity index (χ2v) is 5.90. The SMILES string of the molecule is OCC12CCCN1C(COc1ccnc(C(F)(F)F)n1)CC2. The molecule has 1 N–H and O–H groups in total. The molecule has 0 bridgehead atoms. The maximum Gasteiger partial charge on any atom is 0.451 e. The zero-order chi connectivity index (χ0) is 15.8. The van der Waals surface area contributed by atoms with E-state index in [2.05, 4.69) is 14.9 Å². The van der Waals surface area contributed by atoms with Crippen LogP contribution in [0.3, 0.4) is 0 Å². The van der Waals surface area contributed by atoms with E-state index in [0.717, 1.165) is 38.4 Å². The van der Waals surface area contributed by atoms with Crippen molar-refractivity contribution in [3.63, 3.8) is 0 Å². The van der Waals surface area contributed by atoms with E-state index in [0.29, 0.717) is 0 Å². The summed E-state index contributed by atoms with van der Waals surface area (Å²) >= 11 is 0. The second-order valence-electron chi connectivity index (χ2n) is 5.90. The predicted molar refractivity (Wildman–Crippen MR) is 71.3 cm³/mol. The van der Waals surface area contributed by atoms with E-state index in [1.165, 1.54) is 6.07 Å². The van der Waals surface area contributed by atoms with Gasteiger partial charge in [-0.05, 0) is 32.2 Å². The summed E-state index contributed by atoms with van der Waals surface area (Å²) in [5, 5.41) is 9.63. The first kappa shape index (κ1) is 15.5. The van der Waals surface area contributed by atoms with E-state index in [1.54, 1.807) is 0 Å². The normalized spacial score (nSPS) is 28.8. The van der Waals surface area contributed by atoms with Crippen molar-refractivity contribution in [3.8, 4) is 5.88 Å². The Morgan fingerprint density at radius 2 is 2.23 bits per heavy atom.